The maximum atomic E-state index is 12.7. The van der Waals surface area contributed by atoms with Crippen molar-refractivity contribution >= 4 is 30.4 Å². The molecule has 2 rings (SSSR count). The number of hydrogen-bond acceptors (Lipinski definition) is 9. The first-order chi connectivity index (χ1) is 16.5. The number of carbonyl (C=O) groups excluding carboxylic acids is 2. The Kier molecular flexibility index (Phi) is 11.7. The molecule has 0 aliphatic heterocycles. The van der Waals surface area contributed by atoms with Crippen molar-refractivity contribution in [2.45, 2.75) is 25.6 Å². The molecule has 34 heavy (non-hydrogen) atoms. The van der Waals surface area contributed by atoms with E-state index in [4.69, 9.17) is 29.3 Å². The molecule has 0 radical (unpaired) electrons. The van der Waals surface area contributed by atoms with Gasteiger partial charge in [-0.1, -0.05) is 12.1 Å². The van der Waals surface area contributed by atoms with Gasteiger partial charge in [-0.15, -0.1) is 0 Å². The molecule has 0 aromatic heterocycles. The zero-order chi connectivity index (χ0) is 24.8. The van der Waals surface area contributed by atoms with Crippen molar-refractivity contribution in [2.24, 2.45) is 0 Å². The van der Waals surface area contributed by atoms with Crippen molar-refractivity contribution in [1.82, 2.24) is 0 Å². The fourth-order valence-electron chi connectivity index (χ4n) is 3.04. The van der Waals surface area contributed by atoms with Crippen molar-refractivity contribution in [3.8, 4) is 11.8 Å². The van der Waals surface area contributed by atoms with Crippen LogP contribution >= 0.6 is 12.6 Å². The first-order valence-corrected chi connectivity index (χ1v) is 11.3. The van der Waals surface area contributed by atoms with E-state index in [1.54, 1.807) is 48.5 Å². The lowest BCUT2D eigenvalue weighted by Gasteiger charge is -2.27. The summed E-state index contributed by atoms with van der Waals surface area (Å²) in [5, 5.41) is 20.5. The molecule has 2 atom stereocenters. The zero-order valence-electron chi connectivity index (χ0n) is 18.8. The van der Waals surface area contributed by atoms with E-state index in [1.807, 2.05) is 13.0 Å². The molecule has 0 heterocycles. The molecule has 9 nitrogen and oxygen atoms in total. The van der Waals surface area contributed by atoms with E-state index < -0.39 is 24.3 Å². The number of nitrogens with zero attached hydrogens (tertiary/aromatic N) is 1. The third-order valence-corrected chi connectivity index (χ3v) is 4.83. The van der Waals surface area contributed by atoms with Gasteiger partial charge in [0.05, 0.1) is 30.6 Å². The summed E-state index contributed by atoms with van der Waals surface area (Å²) in [5.41, 5.74) is 1.57. The standard InChI is InChI=1S/C24H28N2O7S/c1-2-30-21(11-13-32-22(28)16-34)23(18-5-9-20(10-6-18)31-14-12-27)33-24(29)26-19-7-3-17(15-25)4-8-19/h3-10,21,23,27,34H,2,11-14,16H2,1H3,(H,26,29)/t21-,23-/m1/s1. The number of amides is 1. The number of carbonyl (C=O) groups is 2. The summed E-state index contributed by atoms with van der Waals surface area (Å²) < 4.78 is 22.1. The van der Waals surface area contributed by atoms with Gasteiger partial charge in [-0.2, -0.15) is 17.9 Å². The predicted octanol–water partition coefficient (Wildman–Crippen LogP) is 3.49. The molecule has 10 heteroatoms. The van der Waals surface area contributed by atoms with E-state index in [9.17, 15) is 9.59 Å². The lowest BCUT2D eigenvalue weighted by Crippen LogP contribution is -2.30. The van der Waals surface area contributed by atoms with Gasteiger partial charge < -0.3 is 24.1 Å². The van der Waals surface area contributed by atoms with Crippen molar-refractivity contribution in [3.63, 3.8) is 0 Å². The van der Waals surface area contributed by atoms with E-state index in [2.05, 4.69) is 17.9 Å². The number of nitrogens with one attached hydrogen (secondary N) is 1. The SMILES string of the molecule is CCO[C@H](CCOC(=O)CS)[C@H](OC(=O)Nc1ccc(C#N)cc1)c1ccc(OCCO)cc1. The molecule has 0 bridgehead atoms. The maximum Gasteiger partial charge on any atom is 0.412 e. The van der Waals surface area contributed by atoms with Crippen LogP contribution in [0.1, 0.15) is 30.6 Å². The Morgan fingerprint density at radius 3 is 2.41 bits per heavy atom. The van der Waals surface area contributed by atoms with Crippen LogP contribution in [0.15, 0.2) is 48.5 Å². The van der Waals surface area contributed by atoms with Crippen molar-refractivity contribution in [1.29, 1.82) is 5.26 Å². The topological polar surface area (TPSA) is 127 Å². The number of ether oxygens (including phenoxy) is 4. The molecule has 0 fully saturated rings. The second-order valence-corrected chi connectivity index (χ2v) is 7.26. The molecule has 0 saturated heterocycles. The summed E-state index contributed by atoms with van der Waals surface area (Å²) in [6.45, 7) is 2.27. The van der Waals surface area contributed by atoms with Crippen LogP contribution in [0.4, 0.5) is 10.5 Å². The Balaban J connectivity index is 2.20. The number of nitriles is 1. The van der Waals surface area contributed by atoms with E-state index in [1.165, 1.54) is 0 Å². The lowest BCUT2D eigenvalue weighted by atomic mass is 10.0. The molecular formula is C24H28N2O7S. The van der Waals surface area contributed by atoms with Crippen molar-refractivity contribution in [2.75, 3.05) is 37.5 Å². The molecule has 1 amide bonds. The molecule has 0 unspecified atom stereocenters. The van der Waals surface area contributed by atoms with Gasteiger partial charge in [0.25, 0.3) is 0 Å². The van der Waals surface area contributed by atoms with Crippen LogP contribution in [0.25, 0.3) is 0 Å². The number of rotatable bonds is 13. The van der Waals surface area contributed by atoms with Crippen molar-refractivity contribution < 1.29 is 33.6 Å². The quantitative estimate of drug-likeness (QED) is 0.289. The van der Waals surface area contributed by atoms with Crippen LogP contribution in [0.5, 0.6) is 5.75 Å². The van der Waals surface area contributed by atoms with Crippen LogP contribution in [0, 0.1) is 11.3 Å². The summed E-state index contributed by atoms with van der Waals surface area (Å²) in [4.78, 5) is 24.1. The molecule has 182 valence electrons. The molecule has 0 spiro atoms. The number of aliphatic hydroxyl groups is 1. The van der Waals surface area contributed by atoms with Crippen LogP contribution in [0.3, 0.4) is 0 Å². The van der Waals surface area contributed by atoms with Gasteiger partial charge >= 0.3 is 12.1 Å². The number of thiol groups is 1. The highest BCUT2D eigenvalue weighted by molar-refractivity contribution is 7.81. The normalized spacial score (nSPS) is 12.2. The number of anilines is 1. The van der Waals surface area contributed by atoms with Crippen LogP contribution in [0.2, 0.25) is 0 Å². The average molecular weight is 489 g/mol. The van der Waals surface area contributed by atoms with Gasteiger partial charge in [0.2, 0.25) is 0 Å². The van der Waals surface area contributed by atoms with E-state index in [-0.39, 0.29) is 32.0 Å². The number of hydrogen-bond donors (Lipinski definition) is 3. The monoisotopic (exact) mass is 488 g/mol. The average Bonchev–Trinajstić information content (AvgIpc) is 2.86. The summed E-state index contributed by atoms with van der Waals surface area (Å²) in [5.74, 6) is 0.0517. The summed E-state index contributed by atoms with van der Waals surface area (Å²) >= 11 is 3.89. The molecule has 2 aromatic carbocycles. The number of aliphatic hydroxyl groups excluding tert-OH is 1. The highest BCUT2D eigenvalue weighted by Gasteiger charge is 2.28. The highest BCUT2D eigenvalue weighted by Crippen LogP contribution is 2.28. The molecule has 0 aliphatic carbocycles. The Morgan fingerprint density at radius 2 is 1.82 bits per heavy atom. The largest absolute Gasteiger partial charge is 0.491 e. The lowest BCUT2D eigenvalue weighted by molar-refractivity contribution is -0.142. The Hall–Kier alpha value is -3.26. The third-order valence-electron chi connectivity index (χ3n) is 4.58. The van der Waals surface area contributed by atoms with Gasteiger partial charge in [-0.05, 0) is 48.9 Å². The minimum atomic E-state index is -0.820. The maximum absolute atomic E-state index is 12.7. The smallest absolute Gasteiger partial charge is 0.412 e. The molecule has 2 N–H and O–H groups in total. The highest BCUT2D eigenvalue weighted by atomic mass is 32.1. The van der Waals surface area contributed by atoms with Gasteiger partial charge in [0.15, 0.2) is 6.10 Å². The first-order valence-electron chi connectivity index (χ1n) is 10.7. The Bertz CT molecular complexity index is 945. The second-order valence-electron chi connectivity index (χ2n) is 6.94. The number of benzene rings is 2. The van der Waals surface area contributed by atoms with Gasteiger partial charge in [0.1, 0.15) is 18.5 Å². The summed E-state index contributed by atoms with van der Waals surface area (Å²) in [6, 6.07) is 15.2. The minimum Gasteiger partial charge on any atom is -0.491 e. The Morgan fingerprint density at radius 1 is 1.12 bits per heavy atom. The first kappa shape index (κ1) is 27.0. The van der Waals surface area contributed by atoms with Crippen molar-refractivity contribution in [3.05, 3.63) is 59.7 Å². The number of esters is 1. The van der Waals surface area contributed by atoms with E-state index in [0.29, 0.717) is 29.2 Å². The molecule has 0 aliphatic rings. The van der Waals surface area contributed by atoms with Crippen LogP contribution in [-0.2, 0) is 19.0 Å². The molecule has 2 aromatic rings. The Labute approximate surface area is 204 Å². The summed E-state index contributed by atoms with van der Waals surface area (Å²) in [6.07, 6.45) is -1.86. The predicted molar refractivity (Wildman–Crippen MR) is 128 cm³/mol. The minimum absolute atomic E-state index is 0.0401. The molecular weight excluding hydrogens is 460 g/mol. The van der Waals surface area contributed by atoms with Gasteiger partial charge in [-0.25, -0.2) is 4.79 Å². The van der Waals surface area contributed by atoms with Gasteiger partial charge in [-0.3, -0.25) is 10.1 Å². The third kappa shape index (κ3) is 8.94. The van der Waals surface area contributed by atoms with Crippen LogP contribution < -0.4 is 10.1 Å². The fourth-order valence-corrected chi connectivity index (χ4v) is 3.13. The fraction of sp³-hybridized carbons (Fsp3) is 0.375. The second kappa shape index (κ2) is 14.8. The van der Waals surface area contributed by atoms with E-state index in [0.717, 1.165) is 0 Å². The summed E-state index contributed by atoms with van der Waals surface area (Å²) in [7, 11) is 0. The van der Waals surface area contributed by atoms with Gasteiger partial charge in [0, 0.05) is 18.7 Å². The zero-order valence-corrected chi connectivity index (χ0v) is 19.7. The van der Waals surface area contributed by atoms with Crippen LogP contribution in [-0.4, -0.2) is 55.5 Å². The van der Waals surface area contributed by atoms with E-state index >= 15 is 0 Å². The molecule has 0 saturated carbocycles.